The Morgan fingerprint density at radius 2 is 2.05 bits per heavy atom. The maximum absolute atomic E-state index is 11.6. The first-order valence-corrected chi connectivity index (χ1v) is 8.47. The van der Waals surface area contributed by atoms with Crippen molar-refractivity contribution in [2.75, 3.05) is 25.6 Å². The third kappa shape index (κ3) is 3.71. The zero-order chi connectivity index (χ0) is 13.9. The molecule has 0 bridgehead atoms. The molecule has 0 saturated heterocycles. The van der Waals surface area contributed by atoms with E-state index in [9.17, 15) is 8.42 Å². The summed E-state index contributed by atoms with van der Waals surface area (Å²) in [5, 5.41) is 0.587. The topological polar surface area (TPSA) is 63.4 Å². The van der Waals surface area contributed by atoms with Gasteiger partial charge in [0.05, 0.1) is 5.75 Å². The number of benzene rings is 1. The van der Waals surface area contributed by atoms with Gasteiger partial charge in [-0.1, -0.05) is 23.9 Å². The molecule has 0 aliphatic carbocycles. The second kappa shape index (κ2) is 5.94. The van der Waals surface area contributed by atoms with E-state index in [1.165, 1.54) is 16.1 Å². The monoisotopic (exact) mass is 300 g/mol. The lowest BCUT2D eigenvalue weighted by atomic mass is 10.3. The minimum absolute atomic E-state index is 0.146. The lowest BCUT2D eigenvalue weighted by Crippen LogP contribution is -2.25. The molecular formula is C12H16N2O3S2. The van der Waals surface area contributed by atoms with E-state index in [0.29, 0.717) is 17.4 Å². The molecule has 2 rings (SSSR count). The van der Waals surface area contributed by atoms with Crippen LogP contribution >= 0.6 is 11.8 Å². The molecule has 0 unspecified atom stereocenters. The Morgan fingerprint density at radius 3 is 2.74 bits per heavy atom. The van der Waals surface area contributed by atoms with Crippen LogP contribution in [0.15, 0.2) is 33.9 Å². The summed E-state index contributed by atoms with van der Waals surface area (Å²) in [4.78, 5) is 4.32. The molecule has 2 aromatic rings. The number of sulfonamides is 1. The van der Waals surface area contributed by atoms with Gasteiger partial charge in [-0.3, -0.25) is 0 Å². The fourth-order valence-electron chi connectivity index (χ4n) is 1.50. The molecule has 1 aromatic heterocycles. The van der Waals surface area contributed by atoms with Crippen LogP contribution in [0.3, 0.4) is 0 Å². The van der Waals surface area contributed by atoms with Crippen molar-refractivity contribution < 1.29 is 12.8 Å². The van der Waals surface area contributed by atoms with E-state index in [4.69, 9.17) is 4.42 Å². The van der Waals surface area contributed by atoms with Crippen molar-refractivity contribution in [1.29, 1.82) is 0 Å². The van der Waals surface area contributed by atoms with Crippen molar-refractivity contribution in [3.63, 3.8) is 0 Å². The molecule has 5 nitrogen and oxygen atoms in total. The van der Waals surface area contributed by atoms with E-state index in [0.717, 1.165) is 11.1 Å². The number of nitrogens with zero attached hydrogens (tertiary/aromatic N) is 2. The number of thioether (sulfide) groups is 1. The number of aromatic nitrogens is 1. The van der Waals surface area contributed by atoms with Gasteiger partial charge in [-0.2, -0.15) is 0 Å². The number of para-hydroxylation sites is 2. The Balaban J connectivity index is 1.86. The third-order valence-corrected chi connectivity index (χ3v) is 5.43. The van der Waals surface area contributed by atoms with Crippen LogP contribution in [0.5, 0.6) is 0 Å². The largest absolute Gasteiger partial charge is 0.431 e. The van der Waals surface area contributed by atoms with Crippen LogP contribution in [0.1, 0.15) is 6.42 Å². The van der Waals surface area contributed by atoms with Gasteiger partial charge in [0.1, 0.15) is 5.52 Å². The second-order valence-corrected chi connectivity index (χ2v) is 7.60. The highest BCUT2D eigenvalue weighted by Gasteiger charge is 2.13. The quantitative estimate of drug-likeness (QED) is 0.604. The number of hydrogen-bond donors (Lipinski definition) is 0. The van der Waals surface area contributed by atoms with Crippen LogP contribution in [0.2, 0.25) is 0 Å². The third-order valence-electron chi connectivity index (χ3n) is 2.60. The predicted molar refractivity (Wildman–Crippen MR) is 76.8 cm³/mol. The molecular weight excluding hydrogens is 284 g/mol. The zero-order valence-corrected chi connectivity index (χ0v) is 12.5. The van der Waals surface area contributed by atoms with E-state index < -0.39 is 10.0 Å². The highest BCUT2D eigenvalue weighted by Crippen LogP contribution is 2.23. The van der Waals surface area contributed by atoms with Gasteiger partial charge in [-0.25, -0.2) is 17.7 Å². The molecule has 104 valence electrons. The number of oxazole rings is 1. The van der Waals surface area contributed by atoms with Crippen molar-refractivity contribution in [3.8, 4) is 0 Å². The molecule has 0 fully saturated rings. The van der Waals surface area contributed by atoms with Gasteiger partial charge in [-0.05, 0) is 18.6 Å². The Kier molecular flexibility index (Phi) is 4.49. The van der Waals surface area contributed by atoms with Crippen LogP contribution in [0.4, 0.5) is 0 Å². The molecule has 19 heavy (non-hydrogen) atoms. The van der Waals surface area contributed by atoms with E-state index >= 15 is 0 Å². The predicted octanol–water partition coefficient (Wildman–Crippen LogP) is 2.20. The standard InChI is InChI=1S/C12H16N2O3S2/c1-14(2)19(15,16)9-5-8-18-12-13-10-6-3-4-7-11(10)17-12/h3-4,6-7H,5,8-9H2,1-2H3. The summed E-state index contributed by atoms with van der Waals surface area (Å²) >= 11 is 1.44. The van der Waals surface area contributed by atoms with Crippen molar-refractivity contribution in [3.05, 3.63) is 24.3 Å². The summed E-state index contributed by atoms with van der Waals surface area (Å²) in [6.07, 6.45) is 0.573. The maximum Gasteiger partial charge on any atom is 0.256 e. The van der Waals surface area contributed by atoms with Gasteiger partial charge in [0.25, 0.3) is 5.22 Å². The Morgan fingerprint density at radius 1 is 1.32 bits per heavy atom. The average molecular weight is 300 g/mol. The summed E-state index contributed by atoms with van der Waals surface area (Å²) in [6.45, 7) is 0. The number of fused-ring (bicyclic) bond motifs is 1. The first-order chi connectivity index (χ1) is 8.99. The molecule has 0 radical (unpaired) electrons. The van der Waals surface area contributed by atoms with Gasteiger partial charge in [0.15, 0.2) is 5.58 Å². The molecule has 0 atom stereocenters. The highest BCUT2D eigenvalue weighted by molar-refractivity contribution is 7.99. The van der Waals surface area contributed by atoms with Gasteiger partial charge in [-0.15, -0.1) is 0 Å². The fraction of sp³-hybridized carbons (Fsp3) is 0.417. The molecule has 0 aliphatic rings. The smallest absolute Gasteiger partial charge is 0.256 e. The molecule has 7 heteroatoms. The fourth-order valence-corrected chi connectivity index (χ4v) is 3.33. The van der Waals surface area contributed by atoms with E-state index in [1.54, 1.807) is 14.1 Å². The van der Waals surface area contributed by atoms with Crippen LogP contribution in [0.25, 0.3) is 11.1 Å². The minimum Gasteiger partial charge on any atom is -0.431 e. The Bertz CT molecular complexity index is 617. The van der Waals surface area contributed by atoms with E-state index in [2.05, 4.69) is 4.98 Å². The van der Waals surface area contributed by atoms with Crippen molar-refractivity contribution >= 4 is 32.9 Å². The van der Waals surface area contributed by atoms with Crippen LogP contribution in [0, 0.1) is 0 Å². The normalized spacial score (nSPS) is 12.4. The highest BCUT2D eigenvalue weighted by atomic mass is 32.2. The SMILES string of the molecule is CN(C)S(=O)(=O)CCCSc1nc2ccccc2o1. The summed E-state index contributed by atoms with van der Waals surface area (Å²) in [5.74, 6) is 0.813. The number of hydrogen-bond acceptors (Lipinski definition) is 5. The van der Waals surface area contributed by atoms with Gasteiger partial charge < -0.3 is 4.42 Å². The molecule has 0 aliphatic heterocycles. The first-order valence-electron chi connectivity index (χ1n) is 5.87. The van der Waals surface area contributed by atoms with E-state index in [-0.39, 0.29) is 5.75 Å². The number of rotatable bonds is 6. The van der Waals surface area contributed by atoms with Crippen molar-refractivity contribution in [2.45, 2.75) is 11.6 Å². The minimum atomic E-state index is -3.11. The second-order valence-electron chi connectivity index (χ2n) is 4.25. The van der Waals surface area contributed by atoms with Gasteiger partial charge in [0.2, 0.25) is 10.0 Å². The lowest BCUT2D eigenvalue weighted by Gasteiger charge is -2.09. The summed E-state index contributed by atoms with van der Waals surface area (Å²) < 4.78 is 29.9. The van der Waals surface area contributed by atoms with Crippen molar-refractivity contribution in [2.24, 2.45) is 0 Å². The average Bonchev–Trinajstić information content (AvgIpc) is 2.77. The Labute approximate surface area is 117 Å². The van der Waals surface area contributed by atoms with Gasteiger partial charge in [0, 0.05) is 19.8 Å². The Hall–Kier alpha value is -1.05. The van der Waals surface area contributed by atoms with Crippen LogP contribution in [-0.2, 0) is 10.0 Å². The van der Waals surface area contributed by atoms with Gasteiger partial charge >= 0.3 is 0 Å². The molecule has 1 aromatic carbocycles. The van der Waals surface area contributed by atoms with Crippen LogP contribution < -0.4 is 0 Å². The molecule has 0 saturated carbocycles. The molecule has 1 heterocycles. The summed E-state index contributed by atoms with van der Waals surface area (Å²) in [6, 6.07) is 7.55. The van der Waals surface area contributed by atoms with E-state index in [1.807, 2.05) is 24.3 Å². The summed E-state index contributed by atoms with van der Waals surface area (Å²) in [7, 11) is -0.0184. The molecule has 0 N–H and O–H groups in total. The zero-order valence-electron chi connectivity index (χ0n) is 10.9. The first kappa shape index (κ1) is 14.4. The summed E-state index contributed by atoms with van der Waals surface area (Å²) in [5.41, 5.74) is 1.58. The van der Waals surface area contributed by atoms with Crippen LogP contribution in [-0.4, -0.2) is 43.3 Å². The molecule has 0 spiro atoms. The van der Waals surface area contributed by atoms with Crippen molar-refractivity contribution in [1.82, 2.24) is 9.29 Å². The molecule has 0 amide bonds. The lowest BCUT2D eigenvalue weighted by molar-refractivity contribution is 0.489. The maximum atomic E-state index is 11.6.